The van der Waals surface area contributed by atoms with Gasteiger partial charge in [0.15, 0.2) is 0 Å². The van der Waals surface area contributed by atoms with Gasteiger partial charge in [-0.05, 0) is 55.0 Å². The quantitative estimate of drug-likeness (QED) is 0.259. The van der Waals surface area contributed by atoms with Crippen LogP contribution in [0.15, 0.2) is 76.9 Å². The van der Waals surface area contributed by atoms with Crippen molar-refractivity contribution in [3.8, 4) is 5.75 Å². The lowest BCUT2D eigenvalue weighted by atomic mass is 9.94. The number of nitrogens with zero attached hydrogens (tertiary/aromatic N) is 1. The maximum Gasteiger partial charge on any atom is 0.255 e. The molecule has 5 N–H and O–H groups in total. The number of nitrogens with two attached hydrogens (primary N) is 1. The van der Waals surface area contributed by atoms with Gasteiger partial charge in [0.1, 0.15) is 23.4 Å². The Bertz CT molecular complexity index is 1390. The van der Waals surface area contributed by atoms with Crippen LogP contribution in [0.2, 0.25) is 5.02 Å². The highest BCUT2D eigenvalue weighted by Gasteiger charge is 2.31. The molecule has 0 spiro atoms. The van der Waals surface area contributed by atoms with Crippen molar-refractivity contribution in [2.45, 2.75) is 19.4 Å². The van der Waals surface area contributed by atoms with E-state index in [1.807, 2.05) is 24.3 Å². The lowest BCUT2D eigenvalue weighted by Crippen LogP contribution is -2.34. The summed E-state index contributed by atoms with van der Waals surface area (Å²) in [5.41, 5.74) is 9.23. The molecule has 0 radical (unpaired) electrons. The van der Waals surface area contributed by atoms with E-state index < -0.39 is 17.8 Å². The normalized spacial score (nSPS) is 15.1. The lowest BCUT2D eigenvalue weighted by Gasteiger charge is -2.27. The van der Waals surface area contributed by atoms with Crippen LogP contribution in [0.4, 0.5) is 15.8 Å². The predicted octanol–water partition coefficient (Wildman–Crippen LogP) is 5.27. The molecule has 0 fully saturated rings. The number of carbonyl (C=O) groups excluding carboxylic acids is 1. The van der Waals surface area contributed by atoms with Crippen LogP contribution in [0.1, 0.15) is 29.7 Å². The highest BCUT2D eigenvalue weighted by molar-refractivity contribution is 6.30. The first-order valence-corrected chi connectivity index (χ1v) is 11.5. The number of hydrogen-bond acceptors (Lipinski definition) is 6. The molecule has 1 amide bonds. The minimum atomic E-state index is -0.896. The van der Waals surface area contributed by atoms with Gasteiger partial charge in [0.05, 0.1) is 12.7 Å². The van der Waals surface area contributed by atoms with E-state index >= 15 is 4.39 Å². The zero-order chi connectivity index (χ0) is 25.8. The average molecular weight is 506 g/mol. The van der Waals surface area contributed by atoms with Gasteiger partial charge in [0.2, 0.25) is 0 Å². The molecule has 0 aliphatic carbocycles. The van der Waals surface area contributed by atoms with Crippen LogP contribution in [0.5, 0.6) is 5.75 Å². The molecule has 1 aliphatic rings. The standard InChI is InChI=1S/C27H25ClFN5O2/c1-15-25(27(35)33-19-6-10-23(31)17(12-19)14-30)26(21-9-5-18(28)13-22(21)29)34-24(32-15)11-16-3-7-20(36-2)8-4-16/h3-10,12-14,26,30H,11,31H2,1-2H3,(H,32,34)(H,33,35). The van der Waals surface area contributed by atoms with E-state index in [2.05, 4.69) is 10.6 Å². The molecule has 36 heavy (non-hydrogen) atoms. The number of anilines is 2. The third-order valence-electron chi connectivity index (χ3n) is 5.83. The number of methoxy groups -OCH3 is 1. The van der Waals surface area contributed by atoms with Gasteiger partial charge in [-0.2, -0.15) is 0 Å². The molecule has 1 unspecified atom stereocenters. The Labute approximate surface area is 213 Å². The lowest BCUT2D eigenvalue weighted by molar-refractivity contribution is -0.113. The maximum atomic E-state index is 15.0. The summed E-state index contributed by atoms with van der Waals surface area (Å²) in [6.45, 7) is 1.75. The molecule has 0 saturated heterocycles. The Kier molecular flexibility index (Phi) is 7.36. The fourth-order valence-electron chi connectivity index (χ4n) is 3.99. The largest absolute Gasteiger partial charge is 0.497 e. The van der Waals surface area contributed by atoms with Gasteiger partial charge in [-0.1, -0.05) is 29.8 Å². The van der Waals surface area contributed by atoms with Gasteiger partial charge in [-0.15, -0.1) is 0 Å². The monoisotopic (exact) mass is 505 g/mol. The molecule has 3 aromatic carbocycles. The summed E-state index contributed by atoms with van der Waals surface area (Å²) in [5.74, 6) is 0.320. The highest BCUT2D eigenvalue weighted by Crippen LogP contribution is 2.34. The van der Waals surface area contributed by atoms with Crippen LogP contribution in [0.3, 0.4) is 0 Å². The molecule has 1 aliphatic heterocycles. The summed E-state index contributed by atoms with van der Waals surface area (Å²) in [7, 11) is 1.60. The van der Waals surface area contributed by atoms with Crippen molar-refractivity contribution < 1.29 is 13.9 Å². The van der Waals surface area contributed by atoms with Crippen molar-refractivity contribution in [1.29, 1.82) is 5.41 Å². The van der Waals surface area contributed by atoms with E-state index in [1.165, 1.54) is 6.07 Å². The Balaban J connectivity index is 1.69. The molecule has 0 bridgehead atoms. The number of benzene rings is 3. The maximum absolute atomic E-state index is 15.0. The van der Waals surface area contributed by atoms with E-state index in [9.17, 15) is 4.79 Å². The third-order valence-corrected chi connectivity index (χ3v) is 6.06. The topological polar surface area (TPSA) is 113 Å². The van der Waals surface area contributed by atoms with Crippen LogP contribution in [0.25, 0.3) is 0 Å². The minimum Gasteiger partial charge on any atom is -0.497 e. The Morgan fingerprint density at radius 2 is 1.97 bits per heavy atom. The summed E-state index contributed by atoms with van der Waals surface area (Å²) in [5, 5.41) is 13.8. The van der Waals surface area contributed by atoms with E-state index in [0.29, 0.717) is 34.9 Å². The van der Waals surface area contributed by atoms with Gasteiger partial charge in [0.25, 0.3) is 5.91 Å². The second-order valence-corrected chi connectivity index (χ2v) is 8.71. The first kappa shape index (κ1) is 24.9. The van der Waals surface area contributed by atoms with Gasteiger partial charge >= 0.3 is 0 Å². The van der Waals surface area contributed by atoms with Crippen LogP contribution < -0.4 is 21.1 Å². The van der Waals surface area contributed by atoms with Crippen LogP contribution in [0, 0.1) is 11.2 Å². The molecule has 1 atom stereocenters. The molecule has 9 heteroatoms. The van der Waals surface area contributed by atoms with Gasteiger partial charge < -0.3 is 26.5 Å². The first-order chi connectivity index (χ1) is 17.3. The molecule has 1 heterocycles. The number of allylic oxidation sites excluding steroid dienone is 1. The number of nitrogens with one attached hydrogen (secondary N) is 3. The molecular weight excluding hydrogens is 481 g/mol. The highest BCUT2D eigenvalue weighted by atomic mass is 35.5. The van der Waals surface area contributed by atoms with Crippen molar-refractivity contribution in [3.63, 3.8) is 0 Å². The SMILES string of the molecule is COc1ccc(CC2=NC(c3ccc(Cl)cc3F)C(C(=O)Nc3ccc(N)c(C=N)c3)=C(C)N2)cc1. The molecule has 7 nitrogen and oxygen atoms in total. The van der Waals surface area contributed by atoms with Crippen molar-refractivity contribution in [2.24, 2.45) is 4.99 Å². The summed E-state index contributed by atoms with van der Waals surface area (Å²) in [6, 6.07) is 15.8. The molecular formula is C27H25ClFN5O2. The van der Waals surface area contributed by atoms with Crippen LogP contribution >= 0.6 is 11.6 Å². The summed E-state index contributed by atoms with van der Waals surface area (Å²) < 4.78 is 20.2. The van der Waals surface area contributed by atoms with Gasteiger partial charge in [-0.3, -0.25) is 9.79 Å². The van der Waals surface area contributed by atoms with Crippen LogP contribution in [-0.4, -0.2) is 25.1 Å². The van der Waals surface area contributed by atoms with Crippen molar-refractivity contribution in [1.82, 2.24) is 5.32 Å². The van der Waals surface area contributed by atoms with Gasteiger partial charge in [0, 0.05) is 45.9 Å². The van der Waals surface area contributed by atoms with Gasteiger partial charge in [-0.25, -0.2) is 4.39 Å². The Morgan fingerprint density at radius 3 is 2.64 bits per heavy atom. The van der Waals surface area contributed by atoms with Crippen molar-refractivity contribution >= 4 is 40.9 Å². The Hall–Kier alpha value is -4.17. The minimum absolute atomic E-state index is 0.232. The molecule has 184 valence electrons. The molecule has 0 aromatic heterocycles. The van der Waals surface area contributed by atoms with Crippen molar-refractivity contribution in [2.75, 3.05) is 18.2 Å². The number of nitrogen functional groups attached to an aromatic ring is 1. The molecule has 3 aromatic rings. The first-order valence-electron chi connectivity index (χ1n) is 11.1. The average Bonchev–Trinajstić information content (AvgIpc) is 2.85. The third kappa shape index (κ3) is 5.39. The number of carbonyl (C=O) groups is 1. The second-order valence-electron chi connectivity index (χ2n) is 8.27. The summed E-state index contributed by atoms with van der Waals surface area (Å²) in [6.07, 6.45) is 1.56. The summed E-state index contributed by atoms with van der Waals surface area (Å²) >= 11 is 5.97. The number of ether oxygens (including phenoxy) is 1. The number of amides is 1. The van der Waals surface area contributed by atoms with E-state index in [-0.39, 0.29) is 16.2 Å². The zero-order valence-electron chi connectivity index (χ0n) is 19.7. The van der Waals surface area contributed by atoms with E-state index in [4.69, 9.17) is 32.5 Å². The Morgan fingerprint density at radius 1 is 1.22 bits per heavy atom. The van der Waals surface area contributed by atoms with E-state index in [1.54, 1.807) is 44.4 Å². The fraction of sp³-hybridized carbons (Fsp3) is 0.148. The zero-order valence-corrected chi connectivity index (χ0v) is 20.5. The van der Waals surface area contributed by atoms with E-state index in [0.717, 1.165) is 17.5 Å². The second kappa shape index (κ2) is 10.6. The van der Waals surface area contributed by atoms with Crippen LogP contribution in [-0.2, 0) is 11.2 Å². The molecule has 4 rings (SSSR count). The summed E-state index contributed by atoms with van der Waals surface area (Å²) in [4.78, 5) is 18.2. The number of rotatable bonds is 7. The molecule has 0 saturated carbocycles. The number of aliphatic imine (C=N–C) groups is 1. The smallest absolute Gasteiger partial charge is 0.255 e. The number of hydrogen-bond donors (Lipinski definition) is 4. The van der Waals surface area contributed by atoms with Crippen molar-refractivity contribution in [3.05, 3.63) is 99.5 Å². The predicted molar refractivity (Wildman–Crippen MR) is 141 cm³/mol. The fourth-order valence-corrected chi connectivity index (χ4v) is 4.15. The number of halogens is 2. The number of amidine groups is 1.